The quantitative estimate of drug-likeness (QED) is 0.152. The predicted molar refractivity (Wildman–Crippen MR) is 156 cm³/mol. The fourth-order valence-corrected chi connectivity index (χ4v) is 6.11. The van der Waals surface area contributed by atoms with E-state index < -0.39 is 6.10 Å². The maximum atomic E-state index is 10.1. The van der Waals surface area contributed by atoms with E-state index in [4.69, 9.17) is 19.4 Å². The number of aliphatic hydroxyl groups is 1. The molecule has 1 fully saturated rings. The Balaban J connectivity index is 1.46. The molecule has 0 aliphatic heterocycles. The van der Waals surface area contributed by atoms with Gasteiger partial charge in [-0.2, -0.15) is 0 Å². The van der Waals surface area contributed by atoms with Crippen LogP contribution in [0.1, 0.15) is 49.3 Å². The molecular formula is C30H34N6O3S. The summed E-state index contributed by atoms with van der Waals surface area (Å²) in [6.45, 7) is 2.74. The Kier molecular flexibility index (Phi) is 7.62. The molecule has 0 bridgehead atoms. The van der Waals surface area contributed by atoms with Crippen molar-refractivity contribution in [3.63, 3.8) is 0 Å². The van der Waals surface area contributed by atoms with Gasteiger partial charge >= 0.3 is 0 Å². The number of fused-ring (bicyclic) bond motifs is 1. The van der Waals surface area contributed by atoms with Crippen LogP contribution in [0.25, 0.3) is 11.2 Å². The number of methoxy groups -OCH3 is 2. The molecule has 0 amide bonds. The summed E-state index contributed by atoms with van der Waals surface area (Å²) >= 11 is 1.64. The zero-order valence-corrected chi connectivity index (χ0v) is 23.8. The minimum Gasteiger partial charge on any atom is -0.497 e. The van der Waals surface area contributed by atoms with E-state index in [0.29, 0.717) is 35.2 Å². The number of allylic oxidation sites excluding steroid dienone is 1. The molecule has 1 saturated carbocycles. The number of hydrogen-bond acceptors (Lipinski definition) is 9. The molecular weight excluding hydrogens is 524 g/mol. The Labute approximate surface area is 238 Å². The molecule has 10 heteroatoms. The fraction of sp³-hybridized carbons (Fsp3) is 0.400. The molecule has 208 valence electrons. The average molecular weight is 559 g/mol. The number of nitrogens with zero attached hydrogens (tertiary/aromatic N) is 6. The minimum absolute atomic E-state index is 0.0973. The van der Waals surface area contributed by atoms with Crippen LogP contribution in [0.15, 0.2) is 65.8 Å². The SMILES string of the molecule is CCCSc1nc(N(Cc2ccc(OC)cc2OC)C2CC2c2ccccc2)c2nnn(C3C=CC(O)C3)c2n1. The van der Waals surface area contributed by atoms with Gasteiger partial charge in [0.25, 0.3) is 0 Å². The van der Waals surface area contributed by atoms with Crippen molar-refractivity contribution in [2.24, 2.45) is 0 Å². The number of rotatable bonds is 11. The van der Waals surface area contributed by atoms with E-state index in [2.05, 4.69) is 58.5 Å². The van der Waals surface area contributed by atoms with E-state index in [1.54, 1.807) is 26.0 Å². The van der Waals surface area contributed by atoms with Crippen molar-refractivity contribution in [3.8, 4) is 11.5 Å². The van der Waals surface area contributed by atoms with Crippen LogP contribution in [0.2, 0.25) is 0 Å². The van der Waals surface area contributed by atoms with Crippen LogP contribution in [-0.2, 0) is 6.54 Å². The lowest BCUT2D eigenvalue weighted by Crippen LogP contribution is -2.28. The highest BCUT2D eigenvalue weighted by molar-refractivity contribution is 7.99. The van der Waals surface area contributed by atoms with Crippen molar-refractivity contribution < 1.29 is 14.6 Å². The summed E-state index contributed by atoms with van der Waals surface area (Å²) in [5.74, 6) is 3.58. The van der Waals surface area contributed by atoms with Crippen molar-refractivity contribution in [2.75, 3.05) is 24.9 Å². The molecule has 0 spiro atoms. The largest absolute Gasteiger partial charge is 0.497 e. The summed E-state index contributed by atoms with van der Waals surface area (Å²) in [7, 11) is 3.34. The van der Waals surface area contributed by atoms with E-state index in [0.717, 1.165) is 41.5 Å². The maximum Gasteiger partial charge on any atom is 0.191 e. The lowest BCUT2D eigenvalue weighted by Gasteiger charge is -2.26. The summed E-state index contributed by atoms with van der Waals surface area (Å²) in [5, 5.41) is 20.0. The Hall–Kier alpha value is -3.63. The molecule has 40 heavy (non-hydrogen) atoms. The molecule has 2 aromatic heterocycles. The Morgan fingerprint density at radius 3 is 2.62 bits per heavy atom. The maximum absolute atomic E-state index is 10.1. The second-order valence-electron chi connectivity index (χ2n) is 10.3. The topological polar surface area (TPSA) is 98.4 Å². The highest BCUT2D eigenvalue weighted by Gasteiger charge is 2.44. The average Bonchev–Trinajstić information content (AvgIpc) is 3.48. The molecule has 2 aromatic carbocycles. The van der Waals surface area contributed by atoms with Crippen molar-refractivity contribution >= 4 is 28.7 Å². The number of thioether (sulfide) groups is 1. The van der Waals surface area contributed by atoms with Crippen LogP contribution < -0.4 is 14.4 Å². The molecule has 6 rings (SSSR count). The van der Waals surface area contributed by atoms with Crippen molar-refractivity contribution in [2.45, 2.75) is 62.0 Å². The number of anilines is 1. The summed E-state index contributed by atoms with van der Waals surface area (Å²) in [4.78, 5) is 12.4. The van der Waals surface area contributed by atoms with Crippen LogP contribution in [0.5, 0.6) is 11.5 Å². The smallest absolute Gasteiger partial charge is 0.191 e. The van der Waals surface area contributed by atoms with Gasteiger partial charge in [0.1, 0.15) is 11.5 Å². The van der Waals surface area contributed by atoms with Crippen LogP contribution in [-0.4, -0.2) is 62.2 Å². The van der Waals surface area contributed by atoms with Gasteiger partial charge in [0.2, 0.25) is 0 Å². The van der Waals surface area contributed by atoms with Crippen LogP contribution in [0.3, 0.4) is 0 Å². The normalized spacial score (nSPS) is 21.6. The zero-order chi connectivity index (χ0) is 27.6. The fourth-order valence-electron chi connectivity index (χ4n) is 5.42. The molecule has 4 unspecified atom stereocenters. The zero-order valence-electron chi connectivity index (χ0n) is 23.0. The molecule has 0 saturated heterocycles. The van der Waals surface area contributed by atoms with Gasteiger partial charge in [-0.25, -0.2) is 14.6 Å². The number of hydrogen-bond donors (Lipinski definition) is 1. The van der Waals surface area contributed by atoms with Gasteiger partial charge in [-0.3, -0.25) is 0 Å². The van der Waals surface area contributed by atoms with Gasteiger partial charge in [0.15, 0.2) is 22.1 Å². The van der Waals surface area contributed by atoms with E-state index in [-0.39, 0.29) is 12.1 Å². The van der Waals surface area contributed by atoms with Gasteiger partial charge in [-0.15, -0.1) is 5.10 Å². The second kappa shape index (κ2) is 11.5. The van der Waals surface area contributed by atoms with Gasteiger partial charge in [0.05, 0.1) is 26.4 Å². The summed E-state index contributed by atoms with van der Waals surface area (Å²) in [6, 6.07) is 16.7. The first-order valence-electron chi connectivity index (χ1n) is 13.7. The van der Waals surface area contributed by atoms with E-state index in [1.165, 1.54) is 5.56 Å². The number of aromatic nitrogens is 5. The standard InChI is InChI=1S/C30H34N6O3S/c1-4-14-40-30-31-28(27-29(32-30)36(34-33-27)21-11-12-22(37)15-21)35(25-17-24(25)19-8-6-5-7-9-19)18-20-10-13-23(38-2)16-26(20)39-3/h5-13,16,21-22,24-25,37H,4,14-15,17-18H2,1-3H3. The lowest BCUT2D eigenvalue weighted by molar-refractivity contribution is 0.208. The molecule has 9 nitrogen and oxygen atoms in total. The Bertz CT molecular complexity index is 1510. The minimum atomic E-state index is -0.489. The predicted octanol–water partition coefficient (Wildman–Crippen LogP) is 5.17. The first-order chi connectivity index (χ1) is 19.6. The van der Waals surface area contributed by atoms with Crippen molar-refractivity contribution in [1.82, 2.24) is 25.0 Å². The third-order valence-electron chi connectivity index (χ3n) is 7.56. The van der Waals surface area contributed by atoms with E-state index in [1.807, 2.05) is 29.0 Å². The first kappa shape index (κ1) is 26.6. The molecule has 4 atom stereocenters. The Morgan fingerprint density at radius 2 is 1.90 bits per heavy atom. The molecule has 0 radical (unpaired) electrons. The van der Waals surface area contributed by atoms with E-state index in [9.17, 15) is 5.11 Å². The third kappa shape index (κ3) is 5.25. The van der Waals surface area contributed by atoms with Gasteiger partial charge in [0, 0.05) is 42.3 Å². The van der Waals surface area contributed by atoms with Crippen molar-refractivity contribution in [3.05, 3.63) is 71.8 Å². The first-order valence-corrected chi connectivity index (χ1v) is 14.7. The molecule has 4 aromatic rings. The van der Waals surface area contributed by atoms with Gasteiger partial charge < -0.3 is 19.5 Å². The van der Waals surface area contributed by atoms with Gasteiger partial charge in [-0.05, 0) is 30.5 Å². The number of ether oxygens (including phenoxy) is 2. The molecule has 2 aliphatic carbocycles. The summed E-state index contributed by atoms with van der Waals surface area (Å²) in [6.07, 6.45) is 5.88. The van der Waals surface area contributed by atoms with Crippen LogP contribution in [0, 0.1) is 0 Å². The lowest BCUT2D eigenvalue weighted by atomic mass is 10.1. The summed E-state index contributed by atoms with van der Waals surface area (Å²) in [5.41, 5.74) is 3.71. The highest BCUT2D eigenvalue weighted by Crippen LogP contribution is 2.48. The Morgan fingerprint density at radius 1 is 1.05 bits per heavy atom. The molecule has 1 N–H and O–H groups in total. The van der Waals surface area contributed by atoms with Crippen LogP contribution in [0.4, 0.5) is 5.82 Å². The molecule has 2 aliphatic rings. The highest BCUT2D eigenvalue weighted by atomic mass is 32.2. The number of aliphatic hydroxyl groups excluding tert-OH is 1. The number of benzene rings is 2. The van der Waals surface area contributed by atoms with Crippen LogP contribution >= 0.6 is 11.8 Å². The monoisotopic (exact) mass is 558 g/mol. The van der Waals surface area contributed by atoms with E-state index >= 15 is 0 Å². The summed E-state index contributed by atoms with van der Waals surface area (Å²) < 4.78 is 13.1. The van der Waals surface area contributed by atoms with Crippen molar-refractivity contribution in [1.29, 1.82) is 0 Å². The second-order valence-corrected chi connectivity index (χ2v) is 11.3. The molecule has 2 heterocycles. The third-order valence-corrected chi connectivity index (χ3v) is 8.62. The van der Waals surface area contributed by atoms with Gasteiger partial charge in [-0.1, -0.05) is 66.4 Å².